The van der Waals surface area contributed by atoms with E-state index < -0.39 is 0 Å². The second kappa shape index (κ2) is 6.19. The Balaban J connectivity index is 3.80. The van der Waals surface area contributed by atoms with Gasteiger partial charge in [-0.2, -0.15) is 0 Å². The van der Waals surface area contributed by atoms with Gasteiger partial charge in [0.2, 0.25) is 0 Å². The summed E-state index contributed by atoms with van der Waals surface area (Å²) in [5.74, 6) is 0. The van der Waals surface area contributed by atoms with E-state index in [1.165, 1.54) is 0 Å². The van der Waals surface area contributed by atoms with Gasteiger partial charge < -0.3 is 15.5 Å². The highest BCUT2D eigenvalue weighted by atomic mass is 32.1. The lowest BCUT2D eigenvalue weighted by Gasteiger charge is -2.29. The second-order valence-electron chi connectivity index (χ2n) is 4.62. The molecular formula is C10H23N3S. The molecule has 0 fully saturated rings. The number of nitrogens with zero attached hydrogens (tertiary/aromatic N) is 1. The fourth-order valence-corrected chi connectivity index (χ4v) is 1.67. The summed E-state index contributed by atoms with van der Waals surface area (Å²) in [5, 5.41) is 7.05. The lowest BCUT2D eigenvalue weighted by atomic mass is 9.93. The Morgan fingerprint density at radius 1 is 1.29 bits per heavy atom. The lowest BCUT2D eigenvalue weighted by Crippen LogP contribution is -2.43. The van der Waals surface area contributed by atoms with Crippen LogP contribution in [0.25, 0.3) is 0 Å². The Morgan fingerprint density at radius 2 is 1.86 bits per heavy atom. The minimum absolute atomic E-state index is 0.239. The highest BCUT2D eigenvalue weighted by Gasteiger charge is 2.18. The van der Waals surface area contributed by atoms with Gasteiger partial charge in [-0.15, -0.1) is 0 Å². The Labute approximate surface area is 93.2 Å². The maximum atomic E-state index is 5.10. The second-order valence-corrected chi connectivity index (χ2v) is 5.02. The van der Waals surface area contributed by atoms with Crippen LogP contribution in [0.5, 0.6) is 0 Å². The Kier molecular flexibility index (Phi) is 6.04. The minimum Gasteiger partial charge on any atom is -0.363 e. The maximum absolute atomic E-state index is 5.10. The van der Waals surface area contributed by atoms with Crippen LogP contribution in [0.4, 0.5) is 0 Å². The fourth-order valence-electron chi connectivity index (χ4n) is 1.45. The molecule has 0 radical (unpaired) electrons. The predicted molar refractivity (Wildman–Crippen MR) is 66.6 cm³/mol. The molecule has 14 heavy (non-hydrogen) atoms. The Hall–Kier alpha value is -0.350. The zero-order chi connectivity index (χ0) is 11.2. The molecule has 0 saturated heterocycles. The van der Waals surface area contributed by atoms with E-state index in [0.717, 1.165) is 24.7 Å². The van der Waals surface area contributed by atoms with Crippen molar-refractivity contribution in [2.24, 2.45) is 5.41 Å². The molecule has 0 atom stereocenters. The number of thiocarbonyl (C=S) groups is 1. The van der Waals surface area contributed by atoms with Gasteiger partial charge in [0.15, 0.2) is 5.11 Å². The average molecular weight is 217 g/mol. The van der Waals surface area contributed by atoms with E-state index in [-0.39, 0.29) is 5.41 Å². The SMILES string of the molecule is CCNC(=S)NCC(C)(C)CN(C)C. The van der Waals surface area contributed by atoms with Crippen molar-refractivity contribution in [2.75, 3.05) is 33.7 Å². The van der Waals surface area contributed by atoms with E-state index in [9.17, 15) is 0 Å². The summed E-state index contributed by atoms with van der Waals surface area (Å²) in [4.78, 5) is 2.19. The van der Waals surface area contributed by atoms with Crippen molar-refractivity contribution in [3.05, 3.63) is 0 Å². The molecule has 0 aromatic carbocycles. The van der Waals surface area contributed by atoms with Crippen LogP contribution in [-0.4, -0.2) is 43.7 Å². The average Bonchev–Trinajstić information content (AvgIpc) is 1.99. The molecule has 0 aromatic rings. The van der Waals surface area contributed by atoms with Gasteiger partial charge in [0.1, 0.15) is 0 Å². The van der Waals surface area contributed by atoms with Gasteiger partial charge in [-0.1, -0.05) is 13.8 Å². The molecule has 0 aromatic heterocycles. The van der Waals surface area contributed by atoms with Crippen molar-refractivity contribution in [1.82, 2.24) is 15.5 Å². The summed E-state index contributed by atoms with van der Waals surface area (Å²) in [6, 6.07) is 0. The van der Waals surface area contributed by atoms with E-state index in [2.05, 4.69) is 43.5 Å². The van der Waals surface area contributed by atoms with Crippen LogP contribution >= 0.6 is 12.2 Å². The minimum atomic E-state index is 0.239. The van der Waals surface area contributed by atoms with Crippen LogP contribution in [0.2, 0.25) is 0 Å². The summed E-state index contributed by atoms with van der Waals surface area (Å²) < 4.78 is 0. The predicted octanol–water partition coefficient (Wildman–Crippen LogP) is 1.06. The molecule has 0 aliphatic rings. The van der Waals surface area contributed by atoms with Gasteiger partial charge in [0.05, 0.1) is 0 Å². The largest absolute Gasteiger partial charge is 0.363 e. The molecule has 0 spiro atoms. The van der Waals surface area contributed by atoms with E-state index in [1.807, 2.05) is 6.92 Å². The maximum Gasteiger partial charge on any atom is 0.166 e. The quantitative estimate of drug-likeness (QED) is 0.673. The highest BCUT2D eigenvalue weighted by molar-refractivity contribution is 7.80. The first kappa shape index (κ1) is 13.7. The van der Waals surface area contributed by atoms with Crippen molar-refractivity contribution < 1.29 is 0 Å². The first-order valence-corrected chi connectivity index (χ1v) is 5.44. The van der Waals surface area contributed by atoms with Gasteiger partial charge in [-0.3, -0.25) is 0 Å². The Bertz CT molecular complexity index is 178. The van der Waals surface area contributed by atoms with E-state index in [0.29, 0.717) is 0 Å². The first-order chi connectivity index (χ1) is 6.37. The normalized spacial score (nSPS) is 11.6. The van der Waals surface area contributed by atoms with E-state index in [1.54, 1.807) is 0 Å². The van der Waals surface area contributed by atoms with Crippen molar-refractivity contribution in [2.45, 2.75) is 20.8 Å². The summed E-state index contributed by atoms with van der Waals surface area (Å²) in [7, 11) is 4.18. The molecule has 0 aliphatic carbocycles. The van der Waals surface area contributed by atoms with Crippen LogP contribution in [-0.2, 0) is 0 Å². The molecule has 2 N–H and O–H groups in total. The van der Waals surface area contributed by atoms with Crippen molar-refractivity contribution in [3.63, 3.8) is 0 Å². The Morgan fingerprint density at radius 3 is 2.29 bits per heavy atom. The molecule has 0 saturated carbocycles. The summed E-state index contributed by atoms with van der Waals surface area (Å²) >= 11 is 5.10. The number of hydrogen-bond donors (Lipinski definition) is 2. The molecule has 0 heterocycles. The number of nitrogens with one attached hydrogen (secondary N) is 2. The third kappa shape index (κ3) is 7.09. The van der Waals surface area contributed by atoms with Gasteiger partial charge in [-0.25, -0.2) is 0 Å². The van der Waals surface area contributed by atoms with Gasteiger partial charge in [0, 0.05) is 19.6 Å². The van der Waals surface area contributed by atoms with Crippen molar-refractivity contribution in [3.8, 4) is 0 Å². The molecule has 0 unspecified atom stereocenters. The van der Waals surface area contributed by atoms with Crippen molar-refractivity contribution in [1.29, 1.82) is 0 Å². The van der Waals surface area contributed by atoms with Gasteiger partial charge in [0.25, 0.3) is 0 Å². The van der Waals surface area contributed by atoms with Crippen LogP contribution in [0, 0.1) is 5.41 Å². The third-order valence-corrected chi connectivity index (χ3v) is 2.10. The smallest absolute Gasteiger partial charge is 0.166 e. The van der Waals surface area contributed by atoms with Crippen LogP contribution < -0.4 is 10.6 Å². The fraction of sp³-hybridized carbons (Fsp3) is 0.900. The lowest BCUT2D eigenvalue weighted by molar-refractivity contribution is 0.241. The monoisotopic (exact) mass is 217 g/mol. The van der Waals surface area contributed by atoms with E-state index >= 15 is 0 Å². The molecule has 0 bridgehead atoms. The zero-order valence-corrected chi connectivity index (χ0v) is 10.8. The standard InChI is InChI=1S/C10H23N3S/c1-6-11-9(14)12-7-10(2,3)8-13(4)5/h6-8H2,1-5H3,(H2,11,12,14). The molecule has 3 nitrogen and oxygen atoms in total. The third-order valence-electron chi connectivity index (χ3n) is 1.81. The highest BCUT2D eigenvalue weighted by Crippen LogP contribution is 2.13. The molecule has 0 aliphatic heterocycles. The molecular weight excluding hydrogens is 194 g/mol. The van der Waals surface area contributed by atoms with Crippen LogP contribution in [0.15, 0.2) is 0 Å². The molecule has 0 amide bonds. The summed E-state index contributed by atoms with van der Waals surface area (Å²) in [6.45, 7) is 9.33. The zero-order valence-electron chi connectivity index (χ0n) is 9.98. The summed E-state index contributed by atoms with van der Waals surface area (Å²) in [6.07, 6.45) is 0. The first-order valence-electron chi connectivity index (χ1n) is 5.04. The van der Waals surface area contributed by atoms with Crippen molar-refractivity contribution >= 4 is 17.3 Å². The van der Waals surface area contributed by atoms with Gasteiger partial charge >= 0.3 is 0 Å². The van der Waals surface area contributed by atoms with E-state index in [4.69, 9.17) is 12.2 Å². The number of hydrogen-bond acceptors (Lipinski definition) is 2. The van der Waals surface area contributed by atoms with Crippen LogP contribution in [0.3, 0.4) is 0 Å². The molecule has 4 heteroatoms. The molecule has 0 rings (SSSR count). The molecule has 84 valence electrons. The van der Waals surface area contributed by atoms with Gasteiger partial charge in [-0.05, 0) is 38.7 Å². The number of rotatable bonds is 5. The summed E-state index contributed by atoms with van der Waals surface area (Å²) in [5.41, 5.74) is 0.239. The van der Waals surface area contributed by atoms with Crippen LogP contribution in [0.1, 0.15) is 20.8 Å². The topological polar surface area (TPSA) is 27.3 Å².